The molecule has 0 saturated carbocycles. The van der Waals surface area contributed by atoms with Gasteiger partial charge < -0.3 is 10.2 Å². The van der Waals surface area contributed by atoms with Crippen molar-refractivity contribution in [3.05, 3.63) is 34.6 Å². The standard InChI is InChI=1S/C14H21ClFN3/c1-18(2)10-14(19-7-5-17-6-8-19)11-3-4-12(15)13(16)9-11/h3-4,9,14,17H,5-8,10H2,1-2H3. The van der Waals surface area contributed by atoms with Gasteiger partial charge in [0.05, 0.1) is 5.02 Å². The summed E-state index contributed by atoms with van der Waals surface area (Å²) in [5.74, 6) is -0.335. The van der Waals surface area contributed by atoms with Crippen LogP contribution in [0.15, 0.2) is 18.2 Å². The highest BCUT2D eigenvalue weighted by Crippen LogP contribution is 2.25. The number of hydrogen-bond donors (Lipinski definition) is 1. The van der Waals surface area contributed by atoms with Crippen LogP contribution < -0.4 is 5.32 Å². The van der Waals surface area contributed by atoms with Crippen LogP contribution in [0, 0.1) is 5.82 Å². The number of likely N-dealkylation sites (N-methyl/N-ethyl adjacent to an activating group) is 1. The molecule has 1 atom stereocenters. The number of nitrogens with one attached hydrogen (secondary N) is 1. The van der Waals surface area contributed by atoms with Crippen LogP contribution in [0.5, 0.6) is 0 Å². The molecular formula is C14H21ClFN3. The first-order valence-corrected chi connectivity index (χ1v) is 7.00. The van der Waals surface area contributed by atoms with Gasteiger partial charge in [0.15, 0.2) is 0 Å². The zero-order chi connectivity index (χ0) is 13.8. The fourth-order valence-electron chi connectivity index (χ4n) is 2.49. The first-order valence-electron chi connectivity index (χ1n) is 6.62. The quantitative estimate of drug-likeness (QED) is 0.913. The maximum absolute atomic E-state index is 13.7. The molecule has 1 saturated heterocycles. The molecule has 1 unspecified atom stereocenters. The molecule has 1 heterocycles. The molecule has 1 aromatic rings. The van der Waals surface area contributed by atoms with Crippen LogP contribution in [-0.2, 0) is 0 Å². The molecule has 0 spiro atoms. The van der Waals surface area contributed by atoms with Gasteiger partial charge in [-0.3, -0.25) is 4.90 Å². The predicted molar refractivity (Wildman–Crippen MR) is 77.1 cm³/mol. The van der Waals surface area contributed by atoms with Crippen molar-refractivity contribution in [3.8, 4) is 0 Å². The highest BCUT2D eigenvalue weighted by molar-refractivity contribution is 6.30. The summed E-state index contributed by atoms with van der Waals surface area (Å²) in [7, 11) is 4.09. The van der Waals surface area contributed by atoms with E-state index in [9.17, 15) is 4.39 Å². The first-order chi connectivity index (χ1) is 9.08. The fourth-order valence-corrected chi connectivity index (χ4v) is 2.61. The van der Waals surface area contributed by atoms with E-state index in [0.29, 0.717) is 0 Å². The zero-order valence-corrected chi connectivity index (χ0v) is 12.3. The van der Waals surface area contributed by atoms with Crippen molar-refractivity contribution in [3.63, 3.8) is 0 Å². The molecule has 19 heavy (non-hydrogen) atoms. The van der Waals surface area contributed by atoms with Gasteiger partial charge in [0, 0.05) is 38.8 Å². The largest absolute Gasteiger partial charge is 0.314 e. The first kappa shape index (κ1) is 14.7. The van der Waals surface area contributed by atoms with Gasteiger partial charge in [0.1, 0.15) is 5.82 Å². The zero-order valence-electron chi connectivity index (χ0n) is 11.5. The normalized spacial score (nSPS) is 18.8. The van der Waals surface area contributed by atoms with E-state index in [0.717, 1.165) is 38.3 Å². The van der Waals surface area contributed by atoms with E-state index in [4.69, 9.17) is 11.6 Å². The molecule has 1 fully saturated rings. The average Bonchev–Trinajstić information content (AvgIpc) is 2.40. The predicted octanol–water partition coefficient (Wildman–Crippen LogP) is 1.99. The molecule has 1 N–H and O–H groups in total. The van der Waals surface area contributed by atoms with Crippen molar-refractivity contribution < 1.29 is 4.39 Å². The van der Waals surface area contributed by atoms with E-state index in [2.05, 4.69) is 15.1 Å². The van der Waals surface area contributed by atoms with E-state index >= 15 is 0 Å². The van der Waals surface area contributed by atoms with Crippen molar-refractivity contribution >= 4 is 11.6 Å². The Morgan fingerprint density at radius 2 is 2.05 bits per heavy atom. The van der Waals surface area contributed by atoms with Gasteiger partial charge in [-0.2, -0.15) is 0 Å². The Kier molecular flexibility index (Phi) is 5.16. The summed E-state index contributed by atoms with van der Waals surface area (Å²) in [5, 5.41) is 3.53. The number of hydrogen-bond acceptors (Lipinski definition) is 3. The number of rotatable bonds is 4. The lowest BCUT2D eigenvalue weighted by Crippen LogP contribution is -2.47. The smallest absolute Gasteiger partial charge is 0.142 e. The van der Waals surface area contributed by atoms with Gasteiger partial charge in [-0.25, -0.2) is 4.39 Å². The summed E-state index contributed by atoms with van der Waals surface area (Å²) in [4.78, 5) is 4.54. The maximum atomic E-state index is 13.7. The van der Waals surface area contributed by atoms with Gasteiger partial charge in [-0.1, -0.05) is 17.7 Å². The van der Waals surface area contributed by atoms with Crippen molar-refractivity contribution in [2.45, 2.75) is 6.04 Å². The minimum Gasteiger partial charge on any atom is -0.314 e. The molecular weight excluding hydrogens is 265 g/mol. The highest BCUT2D eigenvalue weighted by Gasteiger charge is 2.23. The van der Waals surface area contributed by atoms with Crippen molar-refractivity contribution in [1.82, 2.24) is 15.1 Å². The van der Waals surface area contributed by atoms with Crippen molar-refractivity contribution in [2.24, 2.45) is 0 Å². The lowest BCUT2D eigenvalue weighted by molar-refractivity contribution is 0.144. The molecule has 2 rings (SSSR count). The van der Waals surface area contributed by atoms with Crippen LogP contribution in [-0.4, -0.2) is 56.6 Å². The third-order valence-corrected chi connectivity index (χ3v) is 3.77. The second kappa shape index (κ2) is 6.66. The van der Waals surface area contributed by atoms with E-state index in [-0.39, 0.29) is 16.9 Å². The molecule has 3 nitrogen and oxygen atoms in total. The van der Waals surface area contributed by atoms with Crippen LogP contribution in [0.1, 0.15) is 11.6 Å². The van der Waals surface area contributed by atoms with Gasteiger partial charge in [0.2, 0.25) is 0 Å². The van der Waals surface area contributed by atoms with Crippen LogP contribution in [0.2, 0.25) is 5.02 Å². The minimum absolute atomic E-state index is 0.188. The van der Waals surface area contributed by atoms with Gasteiger partial charge in [-0.15, -0.1) is 0 Å². The lowest BCUT2D eigenvalue weighted by Gasteiger charge is -2.36. The third kappa shape index (κ3) is 3.89. The van der Waals surface area contributed by atoms with Crippen LogP contribution in [0.4, 0.5) is 4.39 Å². The summed E-state index contributed by atoms with van der Waals surface area (Å²) in [6.45, 7) is 4.83. The topological polar surface area (TPSA) is 18.5 Å². The van der Waals surface area contributed by atoms with Crippen LogP contribution in [0.25, 0.3) is 0 Å². The third-order valence-electron chi connectivity index (χ3n) is 3.46. The minimum atomic E-state index is -0.335. The van der Waals surface area contributed by atoms with Gasteiger partial charge in [-0.05, 0) is 31.8 Å². The molecule has 1 aliphatic rings. The summed E-state index contributed by atoms with van der Waals surface area (Å²) >= 11 is 5.77. The highest BCUT2D eigenvalue weighted by atomic mass is 35.5. The Bertz CT molecular complexity index is 419. The Balaban J connectivity index is 2.22. The monoisotopic (exact) mass is 285 g/mol. The molecule has 0 radical (unpaired) electrons. The fraction of sp³-hybridized carbons (Fsp3) is 0.571. The molecule has 106 valence electrons. The summed E-state index contributed by atoms with van der Waals surface area (Å²) in [5.41, 5.74) is 0.998. The van der Waals surface area contributed by atoms with E-state index in [1.165, 1.54) is 0 Å². The molecule has 1 aliphatic heterocycles. The van der Waals surface area contributed by atoms with Crippen LogP contribution >= 0.6 is 11.6 Å². The second-order valence-corrected chi connectivity index (χ2v) is 5.64. The summed E-state index contributed by atoms with van der Waals surface area (Å²) in [6.07, 6.45) is 0. The maximum Gasteiger partial charge on any atom is 0.142 e. The lowest BCUT2D eigenvalue weighted by atomic mass is 10.0. The van der Waals surface area contributed by atoms with Gasteiger partial charge in [0.25, 0.3) is 0 Å². The Hall–Kier alpha value is -0.680. The number of benzene rings is 1. The van der Waals surface area contributed by atoms with Gasteiger partial charge >= 0.3 is 0 Å². The molecule has 5 heteroatoms. The summed E-state index contributed by atoms with van der Waals surface area (Å²) < 4.78 is 13.7. The van der Waals surface area contributed by atoms with E-state index in [1.807, 2.05) is 20.2 Å². The number of piperazine rings is 1. The van der Waals surface area contributed by atoms with E-state index in [1.54, 1.807) is 12.1 Å². The number of nitrogens with zero attached hydrogens (tertiary/aromatic N) is 2. The Labute approximate surface area is 119 Å². The Morgan fingerprint density at radius 3 is 2.63 bits per heavy atom. The van der Waals surface area contributed by atoms with Crippen molar-refractivity contribution in [1.29, 1.82) is 0 Å². The van der Waals surface area contributed by atoms with Crippen molar-refractivity contribution in [2.75, 3.05) is 46.8 Å². The Morgan fingerprint density at radius 1 is 1.37 bits per heavy atom. The SMILES string of the molecule is CN(C)CC(c1ccc(Cl)c(F)c1)N1CCNCC1. The molecule has 0 aromatic heterocycles. The van der Waals surface area contributed by atoms with Crippen LogP contribution in [0.3, 0.4) is 0 Å². The molecule has 0 bridgehead atoms. The average molecular weight is 286 g/mol. The number of halogens is 2. The molecule has 0 aliphatic carbocycles. The summed E-state index contributed by atoms with van der Waals surface area (Å²) in [6, 6.07) is 5.36. The molecule has 0 amide bonds. The van der Waals surface area contributed by atoms with E-state index < -0.39 is 0 Å². The molecule has 1 aromatic carbocycles. The second-order valence-electron chi connectivity index (χ2n) is 5.24.